The lowest BCUT2D eigenvalue weighted by molar-refractivity contribution is 0.669. The molecule has 2 aromatic heterocycles. The SMILES string of the molecule is [2H]c1cc2c(c([2H])c([2H])c3oc4c([2H])c([2H])cc(N(c5cc([2H])c(-c6c([2H])c([2H])c([2H])c([2H])c6[2H])c([2H])c5)c5ccc6c(c5)sc5ccccc56)c4c32)c(-c2cccc(-c3ccccc3)c2)c1[2H]. The average molecular weight is 733 g/mol. The van der Waals surface area contributed by atoms with Crippen LogP contribution in [0.15, 0.2) is 204 Å². The summed E-state index contributed by atoms with van der Waals surface area (Å²) < 4.78 is 125. The summed E-state index contributed by atoms with van der Waals surface area (Å²) in [6, 6.07) is 31.5. The van der Waals surface area contributed by atoms with Crippen LogP contribution in [0.2, 0.25) is 0 Å². The molecule has 0 saturated carbocycles. The minimum Gasteiger partial charge on any atom is -0.456 e. The van der Waals surface area contributed by atoms with Crippen LogP contribution < -0.4 is 4.90 Å². The molecule has 2 nitrogen and oxygen atoms in total. The molecule has 11 rings (SSSR count). The van der Waals surface area contributed by atoms with Gasteiger partial charge in [-0.1, -0.05) is 145 Å². The zero-order valence-corrected chi connectivity index (χ0v) is 29.6. The number of furan rings is 1. The first-order chi connectivity index (χ1) is 32.6. The number of fused-ring (bicyclic) bond motifs is 8. The summed E-state index contributed by atoms with van der Waals surface area (Å²) >= 11 is 1.55. The third kappa shape index (κ3) is 5.32. The summed E-state index contributed by atoms with van der Waals surface area (Å²) in [5.74, 6) is 0. The van der Waals surface area contributed by atoms with Gasteiger partial charge in [0.2, 0.25) is 0 Å². The molecule has 258 valence electrons. The third-order valence-electron chi connectivity index (χ3n) is 9.92. The minimum absolute atomic E-state index is 0.0715. The van der Waals surface area contributed by atoms with Crippen molar-refractivity contribution in [1.82, 2.24) is 0 Å². The Morgan fingerprint density at radius 2 is 1.16 bits per heavy atom. The molecule has 0 amide bonds. The predicted octanol–water partition coefficient (Wildman–Crippen LogP) is 15.6. The van der Waals surface area contributed by atoms with Gasteiger partial charge >= 0.3 is 0 Å². The van der Waals surface area contributed by atoms with Gasteiger partial charge in [0, 0.05) is 36.9 Å². The molecule has 0 aliphatic rings. The Morgan fingerprint density at radius 1 is 0.418 bits per heavy atom. The summed E-state index contributed by atoms with van der Waals surface area (Å²) in [4.78, 5) is 1.70. The number of benzene rings is 9. The summed E-state index contributed by atoms with van der Waals surface area (Å²) in [6.45, 7) is 0. The zero-order valence-electron chi connectivity index (χ0n) is 41.8. The number of anilines is 3. The molecule has 0 N–H and O–H groups in total. The van der Waals surface area contributed by atoms with Crippen molar-refractivity contribution >= 4 is 81.3 Å². The van der Waals surface area contributed by atoms with E-state index in [1.165, 1.54) is 24.3 Å². The van der Waals surface area contributed by atoms with Crippen molar-refractivity contribution < 1.29 is 22.2 Å². The molecule has 0 spiro atoms. The fourth-order valence-corrected chi connectivity index (χ4v) is 8.57. The Hall–Kier alpha value is -6.94. The van der Waals surface area contributed by atoms with Gasteiger partial charge in [-0.3, -0.25) is 0 Å². The van der Waals surface area contributed by atoms with Gasteiger partial charge in [-0.15, -0.1) is 11.3 Å². The number of nitrogens with zero attached hydrogens (tertiary/aromatic N) is 1. The van der Waals surface area contributed by atoms with E-state index >= 15 is 0 Å². The van der Waals surface area contributed by atoms with E-state index in [2.05, 4.69) is 0 Å². The van der Waals surface area contributed by atoms with Gasteiger partial charge < -0.3 is 9.32 Å². The number of thiophene rings is 1. The Labute approximate surface area is 341 Å². The standard InChI is InChI=1S/C52H33NOS/c1-3-12-34(13-4-1)36-24-26-39(27-25-36)53(40-28-29-44-43-18-7-8-23-49(43)55-50(44)33-40)46-21-11-22-47-52(46)51-45-20-10-19-41(42(45)30-31-48(51)54-47)38-17-9-16-37(32-38)35-14-5-2-6-15-35/h1-33H/i1D,3D,4D,10D,11D,12D,13D,19D,22D,24D,25D,30D,31D. The van der Waals surface area contributed by atoms with Crippen LogP contribution in [0.3, 0.4) is 0 Å². The third-order valence-corrected chi connectivity index (χ3v) is 11.1. The van der Waals surface area contributed by atoms with Gasteiger partial charge in [0.05, 0.1) is 28.9 Å². The fourth-order valence-electron chi connectivity index (χ4n) is 7.43. The van der Waals surface area contributed by atoms with E-state index < -0.39 is 30.2 Å². The van der Waals surface area contributed by atoms with Crippen molar-refractivity contribution in [2.75, 3.05) is 4.90 Å². The summed E-state index contributed by atoms with van der Waals surface area (Å²) in [5, 5.41) is 3.03. The number of rotatable bonds is 6. The molecule has 3 heteroatoms. The van der Waals surface area contributed by atoms with Gasteiger partial charge in [-0.2, -0.15) is 0 Å². The van der Waals surface area contributed by atoms with E-state index in [1.54, 1.807) is 22.3 Å². The molecule has 0 aliphatic carbocycles. The molecule has 0 saturated heterocycles. The highest BCUT2D eigenvalue weighted by molar-refractivity contribution is 7.25. The second-order valence-electron chi connectivity index (χ2n) is 13.1. The molecule has 0 unspecified atom stereocenters. The van der Waals surface area contributed by atoms with Crippen molar-refractivity contribution in [3.05, 3.63) is 200 Å². The molecule has 0 aliphatic heterocycles. The molecular weight excluding hydrogens is 687 g/mol. The molecule has 2 heterocycles. The van der Waals surface area contributed by atoms with E-state index in [9.17, 15) is 9.60 Å². The van der Waals surface area contributed by atoms with E-state index in [0.29, 0.717) is 16.6 Å². The summed E-state index contributed by atoms with van der Waals surface area (Å²) in [5.41, 5.74) is 2.90. The lowest BCUT2D eigenvalue weighted by Crippen LogP contribution is -2.10. The number of hydrogen-bond acceptors (Lipinski definition) is 3. The van der Waals surface area contributed by atoms with Gasteiger partial charge in [0.25, 0.3) is 0 Å². The van der Waals surface area contributed by atoms with Crippen molar-refractivity contribution in [1.29, 1.82) is 0 Å². The highest BCUT2D eigenvalue weighted by atomic mass is 32.1. The Balaban J connectivity index is 1.25. The normalized spacial score (nSPS) is 14.9. The number of hydrogen-bond donors (Lipinski definition) is 0. The molecule has 0 fully saturated rings. The Bertz CT molecular complexity index is 3930. The second-order valence-corrected chi connectivity index (χ2v) is 14.2. The quantitative estimate of drug-likeness (QED) is 0.169. The van der Waals surface area contributed by atoms with Crippen LogP contribution in [-0.4, -0.2) is 0 Å². The maximum absolute atomic E-state index is 9.46. The second kappa shape index (κ2) is 12.9. The predicted molar refractivity (Wildman–Crippen MR) is 235 cm³/mol. The van der Waals surface area contributed by atoms with E-state index in [1.807, 2.05) is 91.0 Å². The fraction of sp³-hybridized carbons (Fsp3) is 0. The van der Waals surface area contributed by atoms with Crippen LogP contribution in [0.25, 0.3) is 86.3 Å². The molecule has 0 atom stereocenters. The minimum atomic E-state index is -0.605. The van der Waals surface area contributed by atoms with Crippen molar-refractivity contribution in [3.63, 3.8) is 0 Å². The van der Waals surface area contributed by atoms with Crippen molar-refractivity contribution in [2.24, 2.45) is 0 Å². The average Bonchev–Trinajstić information content (AvgIpc) is 3.93. The van der Waals surface area contributed by atoms with Crippen LogP contribution in [0.1, 0.15) is 17.8 Å². The van der Waals surface area contributed by atoms with Crippen LogP contribution in [0.4, 0.5) is 17.1 Å². The summed E-state index contributed by atoms with van der Waals surface area (Å²) in [7, 11) is 0. The molecule has 0 bridgehead atoms. The lowest BCUT2D eigenvalue weighted by Gasteiger charge is -2.26. The largest absolute Gasteiger partial charge is 0.456 e. The van der Waals surface area contributed by atoms with Gasteiger partial charge in [-0.25, -0.2) is 0 Å². The van der Waals surface area contributed by atoms with Crippen molar-refractivity contribution in [3.8, 4) is 33.4 Å². The van der Waals surface area contributed by atoms with Gasteiger partial charge in [0.15, 0.2) is 0 Å². The maximum Gasteiger partial charge on any atom is 0.137 e. The topological polar surface area (TPSA) is 16.4 Å². The Morgan fingerprint density at radius 3 is 2.05 bits per heavy atom. The van der Waals surface area contributed by atoms with E-state index in [0.717, 1.165) is 31.3 Å². The molecule has 11 aromatic rings. The first-order valence-corrected chi connectivity index (χ1v) is 18.4. The van der Waals surface area contributed by atoms with E-state index in [-0.39, 0.29) is 104 Å². The summed E-state index contributed by atoms with van der Waals surface area (Å²) in [6.07, 6.45) is 0. The molecule has 55 heavy (non-hydrogen) atoms. The van der Waals surface area contributed by atoms with Gasteiger partial charge in [0.1, 0.15) is 11.2 Å². The highest BCUT2D eigenvalue weighted by Gasteiger charge is 2.22. The first-order valence-electron chi connectivity index (χ1n) is 24.1. The molecule has 0 radical (unpaired) electrons. The smallest absolute Gasteiger partial charge is 0.137 e. The zero-order chi connectivity index (χ0) is 47.6. The highest BCUT2D eigenvalue weighted by Crippen LogP contribution is 2.47. The van der Waals surface area contributed by atoms with Crippen LogP contribution in [0.5, 0.6) is 0 Å². The maximum atomic E-state index is 9.46. The van der Waals surface area contributed by atoms with Gasteiger partial charge in [-0.05, 0) is 98.7 Å². The molecule has 9 aromatic carbocycles. The molecular formula is C52H33NOS. The Kier molecular flexibility index (Phi) is 4.93. The van der Waals surface area contributed by atoms with Crippen molar-refractivity contribution in [2.45, 2.75) is 0 Å². The first kappa shape index (κ1) is 21.1. The van der Waals surface area contributed by atoms with Crippen LogP contribution >= 0.6 is 11.3 Å². The monoisotopic (exact) mass is 732 g/mol. The van der Waals surface area contributed by atoms with Crippen LogP contribution in [0, 0.1) is 0 Å². The van der Waals surface area contributed by atoms with E-state index in [4.69, 9.17) is 12.6 Å². The van der Waals surface area contributed by atoms with Crippen LogP contribution in [-0.2, 0) is 0 Å². The lowest BCUT2D eigenvalue weighted by atomic mass is 9.93.